The van der Waals surface area contributed by atoms with Crippen LogP contribution in [0.5, 0.6) is 5.75 Å². The van der Waals surface area contributed by atoms with Crippen LogP contribution in [0.4, 0.5) is 5.69 Å². The molecule has 5 N–H and O–H groups in total. The topological polar surface area (TPSA) is 110 Å². The highest BCUT2D eigenvalue weighted by atomic mass is 16.3. The number of benzene rings is 1. The van der Waals surface area contributed by atoms with Gasteiger partial charge in [-0.05, 0) is 37.0 Å². The van der Waals surface area contributed by atoms with Gasteiger partial charge in [0.05, 0.1) is 5.69 Å². The third kappa shape index (κ3) is 3.20. The number of hydrogen-bond donors (Lipinski definition) is 3. The van der Waals surface area contributed by atoms with Crippen LogP contribution in [0.25, 0.3) is 0 Å². The number of nitrogen functional groups attached to an aromatic ring is 1. The van der Waals surface area contributed by atoms with Gasteiger partial charge in [-0.2, -0.15) is 0 Å². The van der Waals surface area contributed by atoms with Gasteiger partial charge >= 0.3 is 0 Å². The van der Waals surface area contributed by atoms with E-state index in [4.69, 9.17) is 11.5 Å². The zero-order valence-electron chi connectivity index (χ0n) is 11.2. The van der Waals surface area contributed by atoms with Gasteiger partial charge in [0, 0.05) is 25.1 Å². The number of carbonyl (C=O) groups is 2. The first-order valence-corrected chi connectivity index (χ1v) is 6.63. The highest BCUT2D eigenvalue weighted by Crippen LogP contribution is 2.24. The molecule has 0 aliphatic carbocycles. The van der Waals surface area contributed by atoms with Crippen LogP contribution in [0.1, 0.15) is 29.6 Å². The Morgan fingerprint density at radius 3 is 2.50 bits per heavy atom. The number of nitrogens with zero attached hydrogens (tertiary/aromatic N) is 1. The van der Waals surface area contributed by atoms with E-state index in [1.165, 1.54) is 12.1 Å². The minimum atomic E-state index is -0.293. The molecule has 0 unspecified atom stereocenters. The summed E-state index contributed by atoms with van der Waals surface area (Å²) in [4.78, 5) is 24.9. The van der Waals surface area contributed by atoms with Gasteiger partial charge in [0.1, 0.15) is 5.75 Å². The number of nitrogens with two attached hydrogens (primary N) is 2. The van der Waals surface area contributed by atoms with Crippen LogP contribution in [-0.2, 0) is 4.79 Å². The van der Waals surface area contributed by atoms with Gasteiger partial charge in [-0.25, -0.2) is 0 Å². The summed E-state index contributed by atoms with van der Waals surface area (Å²) in [6.07, 6.45) is 1.93. The van der Waals surface area contributed by atoms with Crippen molar-refractivity contribution in [3.8, 4) is 5.75 Å². The largest absolute Gasteiger partial charge is 0.506 e. The Balaban J connectivity index is 1.97. The van der Waals surface area contributed by atoms with E-state index in [0.717, 1.165) is 12.8 Å². The lowest BCUT2D eigenvalue weighted by Gasteiger charge is -2.31. The monoisotopic (exact) mass is 277 g/mol. The van der Waals surface area contributed by atoms with E-state index in [0.29, 0.717) is 25.1 Å². The van der Waals surface area contributed by atoms with Crippen LogP contribution in [0.2, 0.25) is 0 Å². The fraction of sp³-hybridized carbons (Fsp3) is 0.429. The van der Waals surface area contributed by atoms with Gasteiger partial charge in [-0.15, -0.1) is 0 Å². The molecule has 1 aliphatic heterocycles. The summed E-state index contributed by atoms with van der Waals surface area (Å²) in [6, 6.07) is 4.50. The Morgan fingerprint density at radius 2 is 1.95 bits per heavy atom. The van der Waals surface area contributed by atoms with Gasteiger partial charge in [0.2, 0.25) is 5.91 Å². The number of primary amides is 1. The summed E-state index contributed by atoms with van der Waals surface area (Å²) >= 11 is 0. The van der Waals surface area contributed by atoms with Crippen molar-refractivity contribution in [2.24, 2.45) is 11.7 Å². The lowest BCUT2D eigenvalue weighted by Crippen LogP contribution is -2.39. The Labute approximate surface area is 117 Å². The van der Waals surface area contributed by atoms with Gasteiger partial charge < -0.3 is 21.5 Å². The molecule has 108 valence electrons. The zero-order valence-corrected chi connectivity index (χ0v) is 11.2. The van der Waals surface area contributed by atoms with Gasteiger partial charge in [0.25, 0.3) is 5.91 Å². The first-order valence-electron chi connectivity index (χ1n) is 6.63. The minimum absolute atomic E-state index is 0.0838. The minimum Gasteiger partial charge on any atom is -0.506 e. The Morgan fingerprint density at radius 1 is 1.30 bits per heavy atom. The molecule has 2 amide bonds. The molecule has 1 saturated heterocycles. The second-order valence-corrected chi connectivity index (χ2v) is 5.18. The predicted molar refractivity (Wildman–Crippen MR) is 75.0 cm³/mol. The summed E-state index contributed by atoms with van der Waals surface area (Å²) in [6.45, 7) is 1.20. The van der Waals surface area contributed by atoms with Crippen molar-refractivity contribution < 1.29 is 14.7 Å². The number of likely N-dealkylation sites (tertiary alicyclic amines) is 1. The van der Waals surface area contributed by atoms with Crippen LogP contribution in [0.3, 0.4) is 0 Å². The van der Waals surface area contributed by atoms with Crippen LogP contribution in [0.15, 0.2) is 18.2 Å². The molecule has 0 radical (unpaired) electrons. The molecule has 2 rings (SSSR count). The van der Waals surface area contributed by atoms with E-state index in [1.54, 1.807) is 11.0 Å². The van der Waals surface area contributed by atoms with Crippen molar-refractivity contribution in [3.63, 3.8) is 0 Å². The average molecular weight is 277 g/mol. The summed E-state index contributed by atoms with van der Waals surface area (Å²) in [7, 11) is 0. The number of phenols is 1. The third-order valence-corrected chi connectivity index (χ3v) is 3.67. The van der Waals surface area contributed by atoms with Crippen molar-refractivity contribution in [1.29, 1.82) is 0 Å². The average Bonchev–Trinajstić information content (AvgIpc) is 2.41. The maximum Gasteiger partial charge on any atom is 0.253 e. The first-order chi connectivity index (χ1) is 9.47. The smallest absolute Gasteiger partial charge is 0.253 e. The molecule has 0 bridgehead atoms. The van der Waals surface area contributed by atoms with Crippen LogP contribution < -0.4 is 11.5 Å². The Kier molecular flexibility index (Phi) is 4.12. The van der Waals surface area contributed by atoms with E-state index in [-0.39, 0.29) is 29.2 Å². The maximum absolute atomic E-state index is 12.3. The highest BCUT2D eigenvalue weighted by molar-refractivity contribution is 5.95. The number of piperidine rings is 1. The number of aromatic hydroxyl groups is 1. The predicted octanol–water partition coefficient (Wildman–Crippen LogP) is 0.702. The number of phenolic OH excluding ortho intramolecular Hbond substituents is 1. The Bertz CT molecular complexity index is 522. The molecule has 6 nitrogen and oxygen atoms in total. The molecule has 1 aromatic carbocycles. The molecule has 1 fully saturated rings. The summed E-state index contributed by atoms with van der Waals surface area (Å²) in [5.74, 6) is -0.244. The molecular weight excluding hydrogens is 258 g/mol. The molecule has 0 atom stereocenters. The summed E-state index contributed by atoms with van der Waals surface area (Å²) < 4.78 is 0. The standard InChI is InChI=1S/C14H19N3O3/c15-11-2-1-10(8-12(11)18)14(20)17-5-3-9(4-6-17)7-13(16)19/h1-2,8-9,18H,3-7,15H2,(H2,16,19). The first kappa shape index (κ1) is 14.2. The Hall–Kier alpha value is -2.24. The second-order valence-electron chi connectivity index (χ2n) is 5.18. The van der Waals surface area contributed by atoms with E-state index in [9.17, 15) is 14.7 Å². The fourth-order valence-corrected chi connectivity index (χ4v) is 2.48. The molecule has 0 saturated carbocycles. The van der Waals surface area contributed by atoms with E-state index >= 15 is 0 Å². The van der Waals surface area contributed by atoms with Crippen molar-refractivity contribution in [2.45, 2.75) is 19.3 Å². The summed E-state index contributed by atoms with van der Waals surface area (Å²) in [5, 5.41) is 9.54. The number of anilines is 1. The number of amides is 2. The molecule has 1 aliphatic rings. The summed E-state index contributed by atoms with van der Waals surface area (Å²) in [5.41, 5.74) is 11.4. The molecule has 0 aromatic heterocycles. The van der Waals surface area contributed by atoms with E-state index in [1.807, 2.05) is 0 Å². The molecule has 20 heavy (non-hydrogen) atoms. The molecule has 1 aromatic rings. The van der Waals surface area contributed by atoms with Crippen LogP contribution >= 0.6 is 0 Å². The molecule has 1 heterocycles. The highest BCUT2D eigenvalue weighted by Gasteiger charge is 2.24. The molecule has 0 spiro atoms. The molecule has 6 heteroatoms. The van der Waals surface area contributed by atoms with Gasteiger partial charge in [-0.3, -0.25) is 9.59 Å². The van der Waals surface area contributed by atoms with Crippen LogP contribution in [-0.4, -0.2) is 34.9 Å². The van der Waals surface area contributed by atoms with Gasteiger partial charge in [-0.1, -0.05) is 0 Å². The number of hydrogen-bond acceptors (Lipinski definition) is 4. The van der Waals surface area contributed by atoms with Crippen molar-refractivity contribution in [1.82, 2.24) is 4.90 Å². The number of carbonyl (C=O) groups excluding carboxylic acids is 2. The zero-order chi connectivity index (χ0) is 14.7. The molecular formula is C14H19N3O3. The SMILES string of the molecule is NC(=O)CC1CCN(C(=O)c2ccc(N)c(O)c2)CC1. The van der Waals surface area contributed by atoms with Crippen molar-refractivity contribution in [2.75, 3.05) is 18.8 Å². The van der Waals surface area contributed by atoms with Gasteiger partial charge in [0.15, 0.2) is 0 Å². The van der Waals surface area contributed by atoms with E-state index in [2.05, 4.69) is 0 Å². The van der Waals surface area contributed by atoms with Crippen molar-refractivity contribution in [3.05, 3.63) is 23.8 Å². The quantitative estimate of drug-likeness (QED) is 0.558. The lowest BCUT2D eigenvalue weighted by molar-refractivity contribution is -0.119. The second kappa shape index (κ2) is 5.81. The maximum atomic E-state index is 12.3. The normalized spacial score (nSPS) is 16.1. The van der Waals surface area contributed by atoms with Crippen LogP contribution in [0, 0.1) is 5.92 Å². The van der Waals surface area contributed by atoms with Crippen molar-refractivity contribution >= 4 is 17.5 Å². The van der Waals surface area contributed by atoms with E-state index < -0.39 is 0 Å². The lowest BCUT2D eigenvalue weighted by atomic mass is 9.93. The number of rotatable bonds is 3. The third-order valence-electron chi connectivity index (χ3n) is 3.67. The fourth-order valence-electron chi connectivity index (χ4n) is 2.48.